The second kappa shape index (κ2) is 6.26. The van der Waals surface area contributed by atoms with Crippen molar-refractivity contribution in [3.05, 3.63) is 35.9 Å². The quantitative estimate of drug-likeness (QED) is 0.787. The van der Waals surface area contributed by atoms with E-state index in [4.69, 9.17) is 19.9 Å². The zero-order chi connectivity index (χ0) is 13.0. The van der Waals surface area contributed by atoms with Crippen molar-refractivity contribution in [1.82, 2.24) is 0 Å². The van der Waals surface area contributed by atoms with Gasteiger partial charge in [0.25, 0.3) is 0 Å². The number of aliphatic hydroxyl groups is 1. The molecule has 1 fully saturated rings. The molecular weight excluding hydrogens is 234 g/mol. The lowest BCUT2D eigenvalue weighted by Gasteiger charge is -2.15. The summed E-state index contributed by atoms with van der Waals surface area (Å²) >= 11 is 0. The van der Waals surface area contributed by atoms with E-state index in [0.29, 0.717) is 13.2 Å². The Morgan fingerprint density at radius 3 is 2.67 bits per heavy atom. The van der Waals surface area contributed by atoms with Crippen molar-refractivity contribution < 1.29 is 19.3 Å². The van der Waals surface area contributed by atoms with Crippen molar-refractivity contribution in [2.75, 3.05) is 13.7 Å². The Morgan fingerprint density at radius 1 is 1.33 bits per heavy atom. The van der Waals surface area contributed by atoms with Crippen LogP contribution in [0.25, 0.3) is 0 Å². The maximum atomic E-state index is 9.71. The first kappa shape index (κ1) is 13.5. The fourth-order valence-electron chi connectivity index (χ4n) is 1.96. The molecule has 1 aliphatic heterocycles. The van der Waals surface area contributed by atoms with E-state index in [1.165, 1.54) is 7.11 Å². The van der Waals surface area contributed by atoms with Crippen LogP contribution in [0.2, 0.25) is 0 Å². The molecule has 1 aliphatic rings. The molecule has 100 valence electrons. The normalized spacial score (nSPS) is 31.7. The average molecular weight is 253 g/mol. The van der Waals surface area contributed by atoms with Crippen LogP contribution in [0.1, 0.15) is 5.56 Å². The lowest BCUT2D eigenvalue weighted by Crippen LogP contribution is -2.42. The van der Waals surface area contributed by atoms with Gasteiger partial charge in [0, 0.05) is 7.11 Å². The molecule has 0 spiro atoms. The Bertz CT molecular complexity index is 359. The van der Waals surface area contributed by atoms with E-state index in [2.05, 4.69) is 0 Å². The van der Waals surface area contributed by atoms with Gasteiger partial charge in [0.05, 0.1) is 19.3 Å². The van der Waals surface area contributed by atoms with Crippen LogP contribution in [-0.2, 0) is 20.8 Å². The Hall–Kier alpha value is -0.980. The lowest BCUT2D eigenvalue weighted by molar-refractivity contribution is -0.156. The number of methoxy groups -OCH3 is 1. The van der Waals surface area contributed by atoms with Crippen LogP contribution >= 0.6 is 0 Å². The van der Waals surface area contributed by atoms with E-state index >= 15 is 0 Å². The van der Waals surface area contributed by atoms with E-state index in [1.807, 2.05) is 30.3 Å². The molecule has 1 saturated heterocycles. The van der Waals surface area contributed by atoms with Gasteiger partial charge in [-0.2, -0.15) is 0 Å². The van der Waals surface area contributed by atoms with Crippen LogP contribution in [0.5, 0.6) is 0 Å². The molecule has 18 heavy (non-hydrogen) atoms. The van der Waals surface area contributed by atoms with Crippen LogP contribution in [-0.4, -0.2) is 43.4 Å². The Kier molecular flexibility index (Phi) is 4.68. The zero-order valence-corrected chi connectivity index (χ0v) is 10.4. The maximum absolute atomic E-state index is 9.71. The van der Waals surface area contributed by atoms with Crippen molar-refractivity contribution in [2.45, 2.75) is 31.1 Å². The van der Waals surface area contributed by atoms with Crippen LogP contribution in [0.4, 0.5) is 0 Å². The van der Waals surface area contributed by atoms with E-state index in [1.54, 1.807) is 0 Å². The minimum atomic E-state index is -0.805. The Labute approximate surface area is 106 Å². The minimum absolute atomic E-state index is 0.339. The van der Waals surface area contributed by atoms with Gasteiger partial charge >= 0.3 is 0 Å². The van der Waals surface area contributed by atoms with Gasteiger partial charge in [-0.25, -0.2) is 0 Å². The standard InChI is InChI=1S/C13H19NO4/c1-16-13-12(15)11(14)10(18-13)8-17-7-9-5-3-2-4-6-9/h2-6,10-13,15H,7-8,14H2,1H3/t10-,11+,12-,13-/m1/s1. The number of nitrogens with two attached hydrogens (primary N) is 1. The molecule has 1 aromatic carbocycles. The van der Waals surface area contributed by atoms with Crippen LogP contribution in [0, 0.1) is 0 Å². The van der Waals surface area contributed by atoms with Gasteiger partial charge in [0.2, 0.25) is 0 Å². The number of rotatable bonds is 5. The third kappa shape index (κ3) is 3.07. The summed E-state index contributed by atoms with van der Waals surface area (Å²) < 4.78 is 16.0. The van der Waals surface area contributed by atoms with Crippen LogP contribution in [0.15, 0.2) is 30.3 Å². The molecule has 5 heteroatoms. The van der Waals surface area contributed by atoms with Crippen molar-refractivity contribution in [3.63, 3.8) is 0 Å². The third-order valence-corrected chi connectivity index (χ3v) is 3.04. The van der Waals surface area contributed by atoms with E-state index in [-0.39, 0.29) is 6.10 Å². The second-order valence-corrected chi connectivity index (χ2v) is 4.35. The summed E-state index contributed by atoms with van der Waals surface area (Å²) in [4.78, 5) is 0. The predicted molar refractivity (Wildman–Crippen MR) is 65.8 cm³/mol. The number of hydrogen-bond acceptors (Lipinski definition) is 5. The molecule has 0 radical (unpaired) electrons. The molecule has 0 aromatic heterocycles. The highest BCUT2D eigenvalue weighted by molar-refractivity contribution is 5.13. The van der Waals surface area contributed by atoms with Crippen molar-refractivity contribution in [3.8, 4) is 0 Å². The fraction of sp³-hybridized carbons (Fsp3) is 0.538. The topological polar surface area (TPSA) is 73.9 Å². The van der Waals surface area contributed by atoms with Gasteiger partial charge in [0.1, 0.15) is 12.2 Å². The summed E-state index contributed by atoms with van der Waals surface area (Å²) in [5.74, 6) is 0. The van der Waals surface area contributed by atoms with Gasteiger partial charge in [-0.05, 0) is 5.56 Å². The maximum Gasteiger partial charge on any atom is 0.185 e. The second-order valence-electron chi connectivity index (χ2n) is 4.35. The first-order valence-corrected chi connectivity index (χ1v) is 5.96. The number of ether oxygens (including phenoxy) is 3. The summed E-state index contributed by atoms with van der Waals surface area (Å²) in [5.41, 5.74) is 6.92. The molecule has 0 aliphatic carbocycles. The number of benzene rings is 1. The Morgan fingerprint density at radius 2 is 2.06 bits per heavy atom. The minimum Gasteiger partial charge on any atom is -0.386 e. The average Bonchev–Trinajstić information content (AvgIpc) is 2.68. The first-order valence-electron chi connectivity index (χ1n) is 5.96. The third-order valence-electron chi connectivity index (χ3n) is 3.04. The summed E-state index contributed by atoms with van der Waals surface area (Å²) in [6.45, 7) is 0.841. The summed E-state index contributed by atoms with van der Waals surface area (Å²) in [6, 6.07) is 9.37. The van der Waals surface area contributed by atoms with E-state index in [0.717, 1.165) is 5.56 Å². The molecule has 0 unspecified atom stereocenters. The molecule has 3 N–H and O–H groups in total. The van der Waals surface area contributed by atoms with E-state index < -0.39 is 18.4 Å². The molecule has 1 heterocycles. The highest BCUT2D eigenvalue weighted by atomic mass is 16.7. The fourth-order valence-corrected chi connectivity index (χ4v) is 1.96. The van der Waals surface area contributed by atoms with Gasteiger partial charge in [-0.1, -0.05) is 30.3 Å². The molecule has 2 rings (SSSR count). The highest BCUT2D eigenvalue weighted by Gasteiger charge is 2.41. The smallest absolute Gasteiger partial charge is 0.185 e. The van der Waals surface area contributed by atoms with Gasteiger partial charge in [-0.15, -0.1) is 0 Å². The summed E-state index contributed by atoms with van der Waals surface area (Å²) in [6.07, 6.45) is -1.81. The van der Waals surface area contributed by atoms with Crippen molar-refractivity contribution in [2.24, 2.45) is 5.73 Å². The Balaban J connectivity index is 1.77. The van der Waals surface area contributed by atoms with Gasteiger partial charge in [0.15, 0.2) is 6.29 Å². The molecule has 5 nitrogen and oxygen atoms in total. The SMILES string of the molecule is CO[C@@H]1O[C@H](COCc2ccccc2)[C@H](N)[C@H]1O. The zero-order valence-electron chi connectivity index (χ0n) is 10.4. The summed E-state index contributed by atoms with van der Waals surface area (Å²) in [5, 5.41) is 9.71. The molecular formula is C13H19NO4. The molecule has 0 saturated carbocycles. The largest absolute Gasteiger partial charge is 0.386 e. The molecule has 0 amide bonds. The van der Waals surface area contributed by atoms with Crippen molar-refractivity contribution in [1.29, 1.82) is 0 Å². The van der Waals surface area contributed by atoms with E-state index in [9.17, 15) is 5.11 Å². The molecule has 0 bridgehead atoms. The molecule has 4 atom stereocenters. The summed E-state index contributed by atoms with van der Waals surface area (Å²) in [7, 11) is 1.48. The molecule has 1 aromatic rings. The van der Waals surface area contributed by atoms with Gasteiger partial charge < -0.3 is 25.1 Å². The predicted octanol–water partition coefficient (Wildman–Crippen LogP) is 0.263. The highest BCUT2D eigenvalue weighted by Crippen LogP contribution is 2.20. The lowest BCUT2D eigenvalue weighted by atomic mass is 10.1. The van der Waals surface area contributed by atoms with Crippen LogP contribution in [0.3, 0.4) is 0 Å². The number of aliphatic hydroxyl groups excluding tert-OH is 1. The van der Waals surface area contributed by atoms with Crippen LogP contribution < -0.4 is 5.73 Å². The monoisotopic (exact) mass is 253 g/mol. The number of hydrogen-bond donors (Lipinski definition) is 2. The first-order chi connectivity index (χ1) is 8.72. The van der Waals surface area contributed by atoms with Crippen molar-refractivity contribution >= 4 is 0 Å². The van der Waals surface area contributed by atoms with Gasteiger partial charge in [-0.3, -0.25) is 0 Å².